The molecule has 0 saturated heterocycles. The van der Waals surface area contributed by atoms with E-state index in [1.165, 1.54) is 37.8 Å². The van der Waals surface area contributed by atoms with Gasteiger partial charge in [0.05, 0.1) is 44.7 Å². The Labute approximate surface area is 299 Å². The Morgan fingerprint density at radius 3 is 1.77 bits per heavy atom. The molecule has 0 unspecified atom stereocenters. The van der Waals surface area contributed by atoms with E-state index in [9.17, 15) is 0 Å². The maximum Gasteiger partial charge on any atom is 0.113 e. The number of hydrogen-bond acceptors (Lipinski definition) is 2. The molecule has 4 heteroatoms. The van der Waals surface area contributed by atoms with E-state index in [0.717, 1.165) is 61.5 Å². The average molecular weight is 663 g/mol. The van der Waals surface area contributed by atoms with Crippen LogP contribution < -0.4 is 0 Å². The number of fused-ring (bicyclic) bond motifs is 9. The van der Waals surface area contributed by atoms with Gasteiger partial charge in [0.25, 0.3) is 0 Å². The molecular weight excluding hydrogens is 633 g/mol. The standard InChI is InChI=1S/C48H30N4/c1-4-16-32(17-5-1)46-47(33-18-6-2-7-19-33)50-48-39(49-46)24-14-26-42(48)52-40-25-13-12-23-36(40)37-29-38-44(30-43(37)52)51(34-20-8-3-9-21-34)41-28-27-31-15-10-11-22-35(31)45(38)41/h1-30H. The van der Waals surface area contributed by atoms with Gasteiger partial charge in [-0.3, -0.25) is 0 Å². The van der Waals surface area contributed by atoms with Crippen LogP contribution in [0.25, 0.3) is 99.3 Å². The van der Waals surface area contributed by atoms with Gasteiger partial charge in [0.15, 0.2) is 0 Å². The number of rotatable bonds is 4. The molecule has 0 fully saturated rings. The second-order valence-corrected chi connectivity index (χ2v) is 13.4. The van der Waals surface area contributed by atoms with E-state index in [4.69, 9.17) is 9.97 Å². The maximum absolute atomic E-state index is 5.50. The van der Waals surface area contributed by atoms with Crippen LogP contribution in [0.3, 0.4) is 0 Å². The molecule has 0 aliphatic carbocycles. The smallest absolute Gasteiger partial charge is 0.113 e. The largest absolute Gasteiger partial charge is 0.309 e. The molecule has 0 atom stereocenters. The zero-order valence-corrected chi connectivity index (χ0v) is 28.1. The van der Waals surface area contributed by atoms with Crippen LogP contribution in [-0.2, 0) is 0 Å². The van der Waals surface area contributed by atoms with Crippen LogP contribution in [0.2, 0.25) is 0 Å². The molecule has 8 aromatic carbocycles. The maximum atomic E-state index is 5.50. The lowest BCUT2D eigenvalue weighted by atomic mass is 10.0. The Kier molecular flexibility index (Phi) is 6.22. The molecule has 3 heterocycles. The van der Waals surface area contributed by atoms with Gasteiger partial charge in [-0.1, -0.05) is 133 Å². The van der Waals surface area contributed by atoms with E-state index in [-0.39, 0.29) is 0 Å². The molecule has 11 aromatic rings. The third kappa shape index (κ3) is 4.21. The lowest BCUT2D eigenvalue weighted by molar-refractivity contribution is 1.16. The first-order chi connectivity index (χ1) is 25.8. The Morgan fingerprint density at radius 1 is 0.365 bits per heavy atom. The summed E-state index contributed by atoms with van der Waals surface area (Å²) in [6, 6.07) is 64.7. The first-order valence-electron chi connectivity index (χ1n) is 17.7. The fraction of sp³-hybridized carbons (Fsp3) is 0. The Morgan fingerprint density at radius 2 is 1.00 bits per heavy atom. The van der Waals surface area contributed by atoms with Gasteiger partial charge in [-0.15, -0.1) is 0 Å². The number of nitrogens with zero attached hydrogens (tertiary/aromatic N) is 4. The van der Waals surface area contributed by atoms with Crippen LogP contribution in [0.5, 0.6) is 0 Å². The highest BCUT2D eigenvalue weighted by atomic mass is 15.0. The summed E-state index contributed by atoms with van der Waals surface area (Å²) in [5, 5.41) is 7.42. The number of hydrogen-bond donors (Lipinski definition) is 0. The fourth-order valence-electron chi connectivity index (χ4n) is 8.20. The van der Waals surface area contributed by atoms with Crippen LogP contribution in [0.4, 0.5) is 0 Å². The Balaban J connectivity index is 1.28. The van der Waals surface area contributed by atoms with Crippen molar-refractivity contribution in [1.29, 1.82) is 0 Å². The lowest BCUT2D eigenvalue weighted by Gasteiger charge is -2.15. The molecule has 4 nitrogen and oxygen atoms in total. The summed E-state index contributed by atoms with van der Waals surface area (Å²) >= 11 is 0. The summed E-state index contributed by atoms with van der Waals surface area (Å²) in [7, 11) is 0. The van der Waals surface area contributed by atoms with Crippen LogP contribution in [0.15, 0.2) is 182 Å². The molecule has 0 saturated carbocycles. The van der Waals surface area contributed by atoms with Gasteiger partial charge in [-0.2, -0.15) is 0 Å². The second-order valence-electron chi connectivity index (χ2n) is 13.4. The van der Waals surface area contributed by atoms with E-state index in [0.29, 0.717) is 0 Å². The molecular formula is C48H30N4. The highest BCUT2D eigenvalue weighted by Gasteiger charge is 2.22. The molecule has 0 radical (unpaired) electrons. The number of benzene rings is 8. The minimum atomic E-state index is 0.855. The summed E-state index contributed by atoms with van der Waals surface area (Å²) in [6.45, 7) is 0. The van der Waals surface area contributed by atoms with Gasteiger partial charge in [-0.05, 0) is 59.3 Å². The van der Waals surface area contributed by atoms with E-state index >= 15 is 0 Å². The minimum Gasteiger partial charge on any atom is -0.309 e. The zero-order chi connectivity index (χ0) is 34.2. The summed E-state index contributed by atoms with van der Waals surface area (Å²) in [5.41, 5.74) is 12.3. The SMILES string of the molecule is c1ccc(-c2nc3cccc(-n4c5ccccc5c5cc6c7c8ccccc8ccc7n(-c7ccccc7)c6cc54)c3nc2-c2ccccc2)cc1. The monoisotopic (exact) mass is 662 g/mol. The Bertz CT molecular complexity index is 3160. The highest BCUT2D eigenvalue weighted by molar-refractivity contribution is 6.25. The Hall–Kier alpha value is -7.04. The molecule has 0 spiro atoms. The van der Waals surface area contributed by atoms with Crippen LogP contribution in [0.1, 0.15) is 0 Å². The van der Waals surface area contributed by atoms with E-state index < -0.39 is 0 Å². The second kappa shape index (κ2) is 11.2. The van der Waals surface area contributed by atoms with Crippen molar-refractivity contribution in [3.8, 4) is 33.9 Å². The van der Waals surface area contributed by atoms with Gasteiger partial charge in [0.2, 0.25) is 0 Å². The summed E-state index contributed by atoms with van der Waals surface area (Å²) in [6.07, 6.45) is 0. The van der Waals surface area contributed by atoms with Gasteiger partial charge < -0.3 is 9.13 Å². The quantitative estimate of drug-likeness (QED) is 0.188. The predicted molar refractivity (Wildman–Crippen MR) is 217 cm³/mol. The minimum absolute atomic E-state index is 0.855. The average Bonchev–Trinajstić information content (AvgIpc) is 3.72. The van der Waals surface area contributed by atoms with Crippen molar-refractivity contribution in [2.24, 2.45) is 0 Å². The van der Waals surface area contributed by atoms with Gasteiger partial charge in [0.1, 0.15) is 5.52 Å². The van der Waals surface area contributed by atoms with Crippen molar-refractivity contribution in [3.05, 3.63) is 182 Å². The van der Waals surface area contributed by atoms with E-state index in [1.807, 2.05) is 12.1 Å². The molecule has 3 aromatic heterocycles. The van der Waals surface area contributed by atoms with Gasteiger partial charge in [0, 0.05) is 38.4 Å². The topological polar surface area (TPSA) is 35.6 Å². The molecule has 52 heavy (non-hydrogen) atoms. The molecule has 11 rings (SSSR count). The first kappa shape index (κ1) is 28.8. The first-order valence-corrected chi connectivity index (χ1v) is 17.7. The lowest BCUT2D eigenvalue weighted by Crippen LogP contribution is -2.01. The molecule has 0 N–H and O–H groups in total. The van der Waals surface area contributed by atoms with E-state index in [1.54, 1.807) is 0 Å². The van der Waals surface area contributed by atoms with Crippen molar-refractivity contribution in [2.75, 3.05) is 0 Å². The molecule has 0 aliphatic rings. The van der Waals surface area contributed by atoms with Crippen molar-refractivity contribution >= 4 is 65.4 Å². The number of aromatic nitrogens is 4. The fourth-order valence-corrected chi connectivity index (χ4v) is 8.20. The number of para-hydroxylation sites is 3. The van der Waals surface area contributed by atoms with Crippen molar-refractivity contribution in [2.45, 2.75) is 0 Å². The third-order valence-electron chi connectivity index (χ3n) is 10.5. The molecule has 0 bridgehead atoms. The molecule has 242 valence electrons. The van der Waals surface area contributed by atoms with Crippen LogP contribution in [0, 0.1) is 0 Å². The summed E-state index contributed by atoms with van der Waals surface area (Å²) in [5.74, 6) is 0. The van der Waals surface area contributed by atoms with Crippen molar-refractivity contribution in [3.63, 3.8) is 0 Å². The molecule has 0 amide bonds. The van der Waals surface area contributed by atoms with Crippen molar-refractivity contribution < 1.29 is 0 Å². The predicted octanol–water partition coefficient (Wildman–Crippen LogP) is 12.3. The third-order valence-corrected chi connectivity index (χ3v) is 10.5. The van der Waals surface area contributed by atoms with Gasteiger partial charge in [-0.25, -0.2) is 9.97 Å². The van der Waals surface area contributed by atoms with E-state index in [2.05, 4.69) is 179 Å². The zero-order valence-electron chi connectivity index (χ0n) is 28.1. The van der Waals surface area contributed by atoms with Gasteiger partial charge >= 0.3 is 0 Å². The van der Waals surface area contributed by atoms with Crippen LogP contribution in [-0.4, -0.2) is 19.1 Å². The summed E-state index contributed by atoms with van der Waals surface area (Å²) in [4.78, 5) is 10.8. The highest BCUT2D eigenvalue weighted by Crippen LogP contribution is 2.43. The van der Waals surface area contributed by atoms with Crippen molar-refractivity contribution in [1.82, 2.24) is 19.1 Å². The van der Waals surface area contributed by atoms with Crippen LogP contribution >= 0.6 is 0 Å². The molecule has 0 aliphatic heterocycles. The summed E-state index contributed by atoms with van der Waals surface area (Å²) < 4.78 is 4.81. The normalized spacial score (nSPS) is 11.8.